The van der Waals surface area contributed by atoms with Gasteiger partial charge in [-0.25, -0.2) is 10.2 Å². The Morgan fingerprint density at radius 1 is 1.22 bits per heavy atom. The number of hydrazine groups is 1. The van der Waals surface area contributed by atoms with Gasteiger partial charge in [0.1, 0.15) is 5.60 Å². The minimum absolute atomic E-state index is 0.200. The van der Waals surface area contributed by atoms with Crippen LogP contribution in [0.4, 0.5) is 4.79 Å². The average Bonchev–Trinajstić information content (AvgIpc) is 2.44. The average molecular weight is 345 g/mol. The topological polar surface area (TPSA) is 85.9 Å². The molecule has 7 nitrogen and oxygen atoms in total. The molecule has 0 saturated heterocycles. The molecule has 0 bridgehead atoms. The molecule has 0 fully saturated rings. The molecule has 0 aliphatic carbocycles. The van der Waals surface area contributed by atoms with Crippen molar-refractivity contribution in [1.82, 2.24) is 10.9 Å². The predicted molar refractivity (Wildman–Crippen MR) is 86.0 cm³/mol. The van der Waals surface area contributed by atoms with Gasteiger partial charge in [0.25, 0.3) is 5.91 Å². The van der Waals surface area contributed by atoms with E-state index in [9.17, 15) is 9.59 Å². The SMILES string of the molecule is CCOc1c(Cl)cc(C(=O)NNC(=O)OC(C)(C)C)cc1OC. The van der Waals surface area contributed by atoms with E-state index in [1.807, 2.05) is 0 Å². The van der Waals surface area contributed by atoms with Crippen molar-refractivity contribution in [3.8, 4) is 11.5 Å². The highest BCUT2D eigenvalue weighted by Crippen LogP contribution is 2.36. The van der Waals surface area contributed by atoms with Gasteiger partial charge in [-0.2, -0.15) is 0 Å². The second-order valence-electron chi connectivity index (χ2n) is 5.50. The summed E-state index contributed by atoms with van der Waals surface area (Å²) in [7, 11) is 1.44. The van der Waals surface area contributed by atoms with Crippen LogP contribution in [0.1, 0.15) is 38.1 Å². The Hall–Kier alpha value is -2.15. The summed E-state index contributed by atoms with van der Waals surface area (Å²) >= 11 is 6.09. The van der Waals surface area contributed by atoms with E-state index in [1.165, 1.54) is 19.2 Å². The lowest BCUT2D eigenvalue weighted by atomic mass is 10.2. The Morgan fingerprint density at radius 3 is 2.39 bits per heavy atom. The molecule has 0 atom stereocenters. The molecule has 1 rings (SSSR count). The maximum absolute atomic E-state index is 12.1. The van der Waals surface area contributed by atoms with Crippen LogP contribution in [0.15, 0.2) is 12.1 Å². The summed E-state index contributed by atoms with van der Waals surface area (Å²) < 4.78 is 15.5. The summed E-state index contributed by atoms with van der Waals surface area (Å²) in [6.07, 6.45) is -0.769. The number of hydrogen-bond acceptors (Lipinski definition) is 5. The van der Waals surface area contributed by atoms with Crippen molar-refractivity contribution in [2.75, 3.05) is 13.7 Å². The first kappa shape index (κ1) is 18.9. The van der Waals surface area contributed by atoms with Crippen LogP contribution in [-0.4, -0.2) is 31.3 Å². The Balaban J connectivity index is 2.81. The lowest BCUT2D eigenvalue weighted by molar-refractivity contribution is 0.0483. The molecule has 0 saturated carbocycles. The van der Waals surface area contributed by atoms with E-state index in [1.54, 1.807) is 27.7 Å². The monoisotopic (exact) mass is 344 g/mol. The first-order valence-electron chi connectivity index (χ1n) is 6.97. The van der Waals surface area contributed by atoms with Gasteiger partial charge in [-0.15, -0.1) is 0 Å². The van der Waals surface area contributed by atoms with Crippen molar-refractivity contribution in [2.45, 2.75) is 33.3 Å². The van der Waals surface area contributed by atoms with E-state index in [4.69, 9.17) is 25.8 Å². The maximum atomic E-state index is 12.1. The standard InChI is InChI=1S/C15H21ClN2O5/c1-6-22-12-10(16)7-9(8-11(12)21-5)13(19)17-18-14(20)23-15(2,3)4/h7-8H,6H2,1-5H3,(H,17,19)(H,18,20). The molecule has 23 heavy (non-hydrogen) atoms. The van der Waals surface area contributed by atoms with Gasteiger partial charge in [-0.1, -0.05) is 11.6 Å². The quantitative estimate of drug-likeness (QED) is 0.820. The number of halogens is 1. The van der Waals surface area contributed by atoms with Crippen LogP contribution in [0.2, 0.25) is 5.02 Å². The minimum atomic E-state index is -0.769. The zero-order valence-corrected chi connectivity index (χ0v) is 14.5. The van der Waals surface area contributed by atoms with E-state index >= 15 is 0 Å². The highest BCUT2D eigenvalue weighted by atomic mass is 35.5. The molecule has 0 aliphatic rings. The number of carbonyl (C=O) groups excluding carboxylic acids is 2. The fourth-order valence-electron chi connectivity index (χ4n) is 1.62. The van der Waals surface area contributed by atoms with Crippen molar-refractivity contribution >= 4 is 23.6 Å². The van der Waals surface area contributed by atoms with Gasteiger partial charge < -0.3 is 14.2 Å². The highest BCUT2D eigenvalue weighted by molar-refractivity contribution is 6.32. The normalized spacial score (nSPS) is 10.7. The van der Waals surface area contributed by atoms with E-state index in [2.05, 4.69) is 10.9 Å². The molecule has 0 spiro atoms. The maximum Gasteiger partial charge on any atom is 0.426 e. The van der Waals surface area contributed by atoms with Crippen molar-refractivity contribution in [1.29, 1.82) is 0 Å². The van der Waals surface area contributed by atoms with Gasteiger partial charge in [-0.3, -0.25) is 10.2 Å². The van der Waals surface area contributed by atoms with Gasteiger partial charge in [0, 0.05) is 5.56 Å². The minimum Gasteiger partial charge on any atom is -0.493 e. The van der Waals surface area contributed by atoms with E-state index in [0.717, 1.165) is 0 Å². The van der Waals surface area contributed by atoms with E-state index in [-0.39, 0.29) is 10.6 Å². The summed E-state index contributed by atoms with van der Waals surface area (Å²) in [5.74, 6) is 0.106. The lowest BCUT2D eigenvalue weighted by Crippen LogP contribution is -2.44. The molecule has 0 aromatic heterocycles. The molecule has 0 heterocycles. The van der Waals surface area contributed by atoms with Crippen LogP contribution in [0, 0.1) is 0 Å². The molecular formula is C15H21ClN2O5. The summed E-state index contributed by atoms with van der Waals surface area (Å²) in [5, 5.41) is 0.230. The summed E-state index contributed by atoms with van der Waals surface area (Å²) in [4.78, 5) is 23.6. The molecule has 1 aromatic rings. The van der Waals surface area contributed by atoms with Gasteiger partial charge >= 0.3 is 6.09 Å². The van der Waals surface area contributed by atoms with Crippen LogP contribution < -0.4 is 20.3 Å². The predicted octanol–water partition coefficient (Wildman–Crippen LogP) is 2.92. The molecular weight excluding hydrogens is 324 g/mol. The Bertz CT molecular complexity index is 584. The Labute approximate surface area is 140 Å². The van der Waals surface area contributed by atoms with Crippen molar-refractivity contribution in [2.24, 2.45) is 0 Å². The van der Waals surface area contributed by atoms with Gasteiger partial charge in [0.2, 0.25) is 0 Å². The Morgan fingerprint density at radius 2 is 1.87 bits per heavy atom. The van der Waals surface area contributed by atoms with E-state index in [0.29, 0.717) is 18.1 Å². The second kappa shape index (κ2) is 7.92. The number of benzene rings is 1. The molecule has 0 aliphatic heterocycles. The molecule has 2 amide bonds. The number of rotatable bonds is 4. The van der Waals surface area contributed by atoms with Crippen LogP contribution in [0.25, 0.3) is 0 Å². The number of amides is 2. The van der Waals surface area contributed by atoms with Gasteiger partial charge in [0.05, 0.1) is 18.7 Å². The fraction of sp³-hybridized carbons (Fsp3) is 0.467. The smallest absolute Gasteiger partial charge is 0.426 e. The fourth-order valence-corrected chi connectivity index (χ4v) is 1.88. The first-order chi connectivity index (χ1) is 10.7. The molecule has 0 unspecified atom stereocenters. The number of nitrogens with one attached hydrogen (secondary N) is 2. The van der Waals surface area contributed by atoms with Crippen LogP contribution in [-0.2, 0) is 4.74 Å². The highest BCUT2D eigenvalue weighted by Gasteiger charge is 2.18. The molecule has 2 N–H and O–H groups in total. The Kier molecular flexibility index (Phi) is 6.50. The number of hydrogen-bond donors (Lipinski definition) is 2. The zero-order chi connectivity index (χ0) is 17.6. The van der Waals surface area contributed by atoms with E-state index < -0.39 is 17.6 Å². The largest absolute Gasteiger partial charge is 0.493 e. The van der Waals surface area contributed by atoms with Crippen molar-refractivity contribution in [3.05, 3.63) is 22.7 Å². The van der Waals surface area contributed by atoms with Gasteiger partial charge in [-0.05, 0) is 39.8 Å². The third-order valence-corrected chi connectivity index (χ3v) is 2.74. The molecule has 0 radical (unpaired) electrons. The second-order valence-corrected chi connectivity index (χ2v) is 5.91. The lowest BCUT2D eigenvalue weighted by Gasteiger charge is -2.19. The number of ether oxygens (including phenoxy) is 3. The number of methoxy groups -OCH3 is 1. The molecule has 1 aromatic carbocycles. The first-order valence-corrected chi connectivity index (χ1v) is 7.35. The number of carbonyl (C=O) groups is 2. The molecule has 8 heteroatoms. The van der Waals surface area contributed by atoms with Crippen LogP contribution in [0.5, 0.6) is 11.5 Å². The van der Waals surface area contributed by atoms with Gasteiger partial charge in [0.15, 0.2) is 11.5 Å². The van der Waals surface area contributed by atoms with Crippen LogP contribution >= 0.6 is 11.6 Å². The molecule has 128 valence electrons. The van der Waals surface area contributed by atoms with Crippen molar-refractivity contribution in [3.63, 3.8) is 0 Å². The summed E-state index contributed by atoms with van der Waals surface area (Å²) in [6, 6.07) is 2.88. The third kappa shape index (κ3) is 5.86. The third-order valence-electron chi connectivity index (χ3n) is 2.46. The van der Waals surface area contributed by atoms with Crippen LogP contribution in [0.3, 0.4) is 0 Å². The van der Waals surface area contributed by atoms with Crippen molar-refractivity contribution < 1.29 is 23.8 Å². The zero-order valence-electron chi connectivity index (χ0n) is 13.8. The summed E-state index contributed by atoms with van der Waals surface area (Å²) in [5.41, 5.74) is 3.93. The summed E-state index contributed by atoms with van der Waals surface area (Å²) in [6.45, 7) is 7.35.